The van der Waals surface area contributed by atoms with Gasteiger partial charge in [0.05, 0.1) is 18.3 Å². The Hall–Kier alpha value is -2.33. The van der Waals surface area contributed by atoms with Crippen LogP contribution < -0.4 is 9.47 Å². The minimum absolute atomic E-state index is 0.00551. The number of para-hydroxylation sites is 2. The smallest absolute Gasteiger partial charge is 0.343 e. The fraction of sp³-hybridized carbons (Fsp3) is 0.594. The molecule has 1 atom stereocenters. The predicted molar refractivity (Wildman–Crippen MR) is 149 cm³/mol. The number of hydrogen-bond acceptors (Lipinski definition) is 4. The van der Waals surface area contributed by atoms with Crippen molar-refractivity contribution < 1.29 is 19.0 Å². The second-order valence-corrected chi connectivity index (χ2v) is 9.71. The monoisotopic (exact) mass is 496 g/mol. The van der Waals surface area contributed by atoms with Crippen LogP contribution in [0.1, 0.15) is 126 Å². The number of rotatable bonds is 20. The zero-order valence-corrected chi connectivity index (χ0v) is 22.9. The van der Waals surface area contributed by atoms with E-state index in [4.69, 9.17) is 14.2 Å². The van der Waals surface area contributed by atoms with Crippen LogP contribution in [0.2, 0.25) is 0 Å². The van der Waals surface area contributed by atoms with Crippen molar-refractivity contribution in [2.75, 3.05) is 13.2 Å². The second-order valence-electron chi connectivity index (χ2n) is 9.71. The first-order valence-electron chi connectivity index (χ1n) is 14.3. The molecule has 0 bridgehead atoms. The molecule has 2 rings (SSSR count). The highest BCUT2D eigenvalue weighted by Gasteiger charge is 2.13. The normalized spacial score (nSPS) is 11.9. The highest BCUT2D eigenvalue weighted by molar-refractivity contribution is 5.91. The maximum atomic E-state index is 12.6. The molecule has 0 radical (unpaired) electrons. The van der Waals surface area contributed by atoms with Crippen LogP contribution in [0.25, 0.3) is 0 Å². The van der Waals surface area contributed by atoms with Gasteiger partial charge in [0.25, 0.3) is 0 Å². The molecule has 0 heterocycles. The van der Waals surface area contributed by atoms with Crippen molar-refractivity contribution >= 4 is 5.97 Å². The van der Waals surface area contributed by atoms with E-state index in [0.29, 0.717) is 23.7 Å². The zero-order valence-electron chi connectivity index (χ0n) is 22.9. The third-order valence-corrected chi connectivity index (χ3v) is 6.50. The first kappa shape index (κ1) is 29.9. The van der Waals surface area contributed by atoms with Gasteiger partial charge in [-0.2, -0.15) is 0 Å². The summed E-state index contributed by atoms with van der Waals surface area (Å²) in [4.78, 5) is 12.6. The van der Waals surface area contributed by atoms with Crippen molar-refractivity contribution in [3.63, 3.8) is 0 Å². The minimum atomic E-state index is -0.390. The van der Waals surface area contributed by atoms with Gasteiger partial charge in [0.2, 0.25) is 0 Å². The number of ether oxygens (including phenoxy) is 3. The number of hydrogen-bond donors (Lipinski definition) is 0. The maximum Gasteiger partial charge on any atom is 0.343 e. The lowest BCUT2D eigenvalue weighted by molar-refractivity contribution is 0.0625. The molecular formula is C32H48O4. The van der Waals surface area contributed by atoms with Crippen LogP contribution in [0.3, 0.4) is 0 Å². The molecule has 4 nitrogen and oxygen atoms in total. The molecule has 0 aliphatic rings. The standard InChI is InChI=1S/C32H48O4/c1-4-6-7-8-9-10-11-12-13-14-15-18-26-34-27(3)28-21-23-29(24-22-28)32(33)36-31-20-17-16-19-30(31)35-25-5-2/h16-17,19-24,27H,4-15,18,25-26H2,1-3H3. The Labute approximate surface area is 219 Å². The first-order chi connectivity index (χ1) is 17.7. The van der Waals surface area contributed by atoms with Crippen molar-refractivity contribution in [2.45, 2.75) is 110 Å². The van der Waals surface area contributed by atoms with E-state index in [2.05, 4.69) is 13.8 Å². The molecule has 36 heavy (non-hydrogen) atoms. The average molecular weight is 497 g/mol. The summed E-state index contributed by atoms with van der Waals surface area (Å²) in [6.07, 6.45) is 17.0. The fourth-order valence-electron chi connectivity index (χ4n) is 4.21. The minimum Gasteiger partial charge on any atom is -0.490 e. The Morgan fingerprint density at radius 1 is 0.667 bits per heavy atom. The molecule has 4 heteroatoms. The number of unbranched alkanes of at least 4 members (excludes halogenated alkanes) is 11. The third-order valence-electron chi connectivity index (χ3n) is 6.50. The van der Waals surface area contributed by atoms with E-state index >= 15 is 0 Å². The van der Waals surface area contributed by atoms with Crippen LogP contribution in [0, 0.1) is 0 Å². The van der Waals surface area contributed by atoms with E-state index in [-0.39, 0.29) is 12.1 Å². The van der Waals surface area contributed by atoms with E-state index < -0.39 is 0 Å². The molecule has 2 aromatic rings. The fourth-order valence-corrected chi connectivity index (χ4v) is 4.21. The van der Waals surface area contributed by atoms with Gasteiger partial charge in [0, 0.05) is 6.61 Å². The molecule has 1 unspecified atom stereocenters. The van der Waals surface area contributed by atoms with Gasteiger partial charge in [-0.1, -0.05) is 109 Å². The number of esters is 1. The SMILES string of the molecule is CCCCCCCCCCCCCCOC(C)c1ccc(C(=O)Oc2ccccc2OCCC)cc1. The summed E-state index contributed by atoms with van der Waals surface area (Å²) in [5, 5.41) is 0. The van der Waals surface area contributed by atoms with Crippen molar-refractivity contribution in [3.05, 3.63) is 59.7 Å². The molecule has 0 aliphatic heterocycles. The van der Waals surface area contributed by atoms with Gasteiger partial charge < -0.3 is 14.2 Å². The molecule has 0 fully saturated rings. The summed E-state index contributed by atoms with van der Waals surface area (Å²) in [5.74, 6) is 0.641. The van der Waals surface area contributed by atoms with Gasteiger partial charge in [0.15, 0.2) is 11.5 Å². The Morgan fingerprint density at radius 2 is 1.22 bits per heavy atom. The topological polar surface area (TPSA) is 44.8 Å². The first-order valence-corrected chi connectivity index (χ1v) is 14.3. The van der Waals surface area contributed by atoms with Crippen LogP contribution in [0.15, 0.2) is 48.5 Å². The molecule has 0 amide bonds. The Morgan fingerprint density at radius 3 is 1.81 bits per heavy atom. The van der Waals surface area contributed by atoms with E-state index in [1.54, 1.807) is 18.2 Å². The van der Waals surface area contributed by atoms with E-state index in [9.17, 15) is 4.79 Å². The van der Waals surface area contributed by atoms with Gasteiger partial charge >= 0.3 is 5.97 Å². The average Bonchev–Trinajstić information content (AvgIpc) is 2.90. The maximum absolute atomic E-state index is 12.6. The van der Waals surface area contributed by atoms with Gasteiger partial charge in [0.1, 0.15) is 0 Å². The highest BCUT2D eigenvalue weighted by atomic mass is 16.6. The molecule has 0 saturated heterocycles. The van der Waals surface area contributed by atoms with Crippen LogP contribution in [-0.4, -0.2) is 19.2 Å². The summed E-state index contributed by atoms with van der Waals surface area (Å²) < 4.78 is 17.3. The van der Waals surface area contributed by atoms with E-state index in [1.807, 2.05) is 37.3 Å². The van der Waals surface area contributed by atoms with E-state index in [0.717, 1.165) is 25.0 Å². The number of benzene rings is 2. The lowest BCUT2D eigenvalue weighted by atomic mass is 10.1. The van der Waals surface area contributed by atoms with Crippen molar-refractivity contribution in [1.82, 2.24) is 0 Å². The zero-order chi connectivity index (χ0) is 25.8. The highest BCUT2D eigenvalue weighted by Crippen LogP contribution is 2.28. The quantitative estimate of drug-likeness (QED) is 0.104. The molecule has 0 spiro atoms. The molecule has 0 saturated carbocycles. The molecule has 2 aromatic carbocycles. The summed E-state index contributed by atoms with van der Waals surface area (Å²) in [6, 6.07) is 14.8. The van der Waals surface area contributed by atoms with Crippen LogP contribution in [-0.2, 0) is 4.74 Å². The van der Waals surface area contributed by atoms with Gasteiger partial charge in [-0.05, 0) is 49.6 Å². The molecule has 0 aromatic heterocycles. The third kappa shape index (κ3) is 12.1. The molecule has 200 valence electrons. The lowest BCUT2D eigenvalue weighted by Gasteiger charge is -2.14. The predicted octanol–water partition coefficient (Wildman–Crippen LogP) is 9.47. The van der Waals surface area contributed by atoms with Crippen LogP contribution in [0.4, 0.5) is 0 Å². The van der Waals surface area contributed by atoms with E-state index in [1.165, 1.54) is 70.6 Å². The van der Waals surface area contributed by atoms with Crippen LogP contribution >= 0.6 is 0 Å². The summed E-state index contributed by atoms with van der Waals surface area (Å²) in [7, 11) is 0. The largest absolute Gasteiger partial charge is 0.490 e. The number of carbonyl (C=O) groups excluding carboxylic acids is 1. The Bertz CT molecular complexity index is 830. The van der Waals surface area contributed by atoms with Crippen LogP contribution in [0.5, 0.6) is 11.5 Å². The number of carbonyl (C=O) groups is 1. The van der Waals surface area contributed by atoms with Gasteiger partial charge in [-0.15, -0.1) is 0 Å². The second kappa shape index (κ2) is 18.9. The molecule has 0 N–H and O–H groups in total. The summed E-state index contributed by atoms with van der Waals surface area (Å²) in [6.45, 7) is 7.74. The molecule has 0 aliphatic carbocycles. The van der Waals surface area contributed by atoms with Gasteiger partial charge in [-0.25, -0.2) is 4.79 Å². The van der Waals surface area contributed by atoms with Crippen molar-refractivity contribution in [1.29, 1.82) is 0 Å². The lowest BCUT2D eigenvalue weighted by Crippen LogP contribution is -2.10. The Kier molecular flexibility index (Phi) is 15.7. The Balaban J connectivity index is 1.61. The van der Waals surface area contributed by atoms with Gasteiger partial charge in [-0.3, -0.25) is 0 Å². The van der Waals surface area contributed by atoms with Crippen molar-refractivity contribution in [2.24, 2.45) is 0 Å². The molecular weight excluding hydrogens is 448 g/mol. The summed E-state index contributed by atoms with van der Waals surface area (Å²) >= 11 is 0. The summed E-state index contributed by atoms with van der Waals surface area (Å²) in [5.41, 5.74) is 1.58. The van der Waals surface area contributed by atoms with Crippen molar-refractivity contribution in [3.8, 4) is 11.5 Å².